The number of azo groups is 1. The van der Waals surface area contributed by atoms with Crippen LogP contribution in [0.1, 0.15) is 54.9 Å². The third-order valence-corrected chi connectivity index (χ3v) is 1.71. The van der Waals surface area contributed by atoms with Gasteiger partial charge in [0.2, 0.25) is 5.72 Å². The summed E-state index contributed by atoms with van der Waals surface area (Å²) >= 11 is 0. The molecule has 0 radical (unpaired) electrons. The van der Waals surface area contributed by atoms with E-state index in [0.29, 0.717) is 12.3 Å². The summed E-state index contributed by atoms with van der Waals surface area (Å²) in [7, 11) is 0. The Labute approximate surface area is 98.5 Å². The molecule has 1 unspecified atom stereocenters. The SMILES string of the molecule is CC(=O)OC(C)(CC(C)C)N=NC(C)(C)C. The Morgan fingerprint density at radius 2 is 1.69 bits per heavy atom. The number of carbonyl (C=O) groups is 1. The van der Waals surface area contributed by atoms with Gasteiger partial charge in [-0.05, 0) is 33.6 Å². The molecule has 0 spiro atoms. The summed E-state index contributed by atoms with van der Waals surface area (Å²) in [6, 6.07) is 0. The van der Waals surface area contributed by atoms with Crippen LogP contribution in [-0.2, 0) is 9.53 Å². The fourth-order valence-electron chi connectivity index (χ4n) is 1.43. The van der Waals surface area contributed by atoms with Crippen LogP contribution in [0.2, 0.25) is 0 Å². The predicted molar refractivity (Wildman–Crippen MR) is 64.2 cm³/mol. The zero-order valence-corrected chi connectivity index (χ0v) is 11.5. The highest BCUT2D eigenvalue weighted by Crippen LogP contribution is 2.25. The minimum absolute atomic E-state index is 0.252. The van der Waals surface area contributed by atoms with Gasteiger partial charge < -0.3 is 4.74 Å². The number of nitrogens with zero attached hydrogens (tertiary/aromatic N) is 2. The van der Waals surface area contributed by atoms with Crippen molar-refractivity contribution in [2.45, 2.75) is 66.2 Å². The van der Waals surface area contributed by atoms with Crippen LogP contribution in [0.3, 0.4) is 0 Å². The minimum Gasteiger partial charge on any atom is -0.436 e. The van der Waals surface area contributed by atoms with Crippen molar-refractivity contribution < 1.29 is 9.53 Å². The second kappa shape index (κ2) is 5.41. The highest BCUT2D eigenvalue weighted by molar-refractivity contribution is 5.66. The lowest BCUT2D eigenvalue weighted by Crippen LogP contribution is -2.30. The van der Waals surface area contributed by atoms with Crippen LogP contribution in [0.15, 0.2) is 10.2 Å². The molecule has 0 amide bonds. The molecule has 0 aliphatic carbocycles. The van der Waals surface area contributed by atoms with E-state index in [-0.39, 0.29) is 11.5 Å². The van der Waals surface area contributed by atoms with Crippen LogP contribution in [0, 0.1) is 5.92 Å². The molecule has 4 heteroatoms. The summed E-state index contributed by atoms with van der Waals surface area (Å²) in [6.45, 7) is 13.2. The average molecular weight is 228 g/mol. The molecular formula is C12H24N2O2. The first-order valence-corrected chi connectivity index (χ1v) is 5.68. The standard InChI is InChI=1S/C12H24N2O2/c1-9(2)8-12(7,16-10(3)15)14-13-11(4,5)6/h9H,8H2,1-7H3. The van der Waals surface area contributed by atoms with Crippen LogP contribution < -0.4 is 0 Å². The summed E-state index contributed by atoms with van der Waals surface area (Å²) in [5, 5.41) is 8.37. The van der Waals surface area contributed by atoms with Gasteiger partial charge in [-0.3, -0.25) is 4.79 Å². The first-order chi connectivity index (χ1) is 7.04. The average Bonchev–Trinajstić information content (AvgIpc) is 1.96. The van der Waals surface area contributed by atoms with E-state index >= 15 is 0 Å². The summed E-state index contributed by atoms with van der Waals surface area (Å²) in [5.74, 6) is 0.0688. The van der Waals surface area contributed by atoms with Crippen LogP contribution in [0.5, 0.6) is 0 Å². The Kier molecular flexibility index (Phi) is 5.10. The van der Waals surface area contributed by atoms with Gasteiger partial charge in [0.15, 0.2) is 0 Å². The van der Waals surface area contributed by atoms with Crippen molar-refractivity contribution in [3.8, 4) is 0 Å². The topological polar surface area (TPSA) is 51.0 Å². The van der Waals surface area contributed by atoms with E-state index in [0.717, 1.165) is 0 Å². The van der Waals surface area contributed by atoms with Gasteiger partial charge in [-0.1, -0.05) is 13.8 Å². The number of hydrogen-bond donors (Lipinski definition) is 0. The molecule has 0 aromatic carbocycles. The number of hydrogen-bond acceptors (Lipinski definition) is 4. The molecule has 16 heavy (non-hydrogen) atoms. The predicted octanol–water partition coefficient (Wildman–Crippen LogP) is 3.56. The molecule has 0 aliphatic heterocycles. The molecular weight excluding hydrogens is 204 g/mol. The Morgan fingerprint density at radius 1 is 1.19 bits per heavy atom. The van der Waals surface area contributed by atoms with Crippen molar-refractivity contribution in [2.75, 3.05) is 0 Å². The van der Waals surface area contributed by atoms with E-state index in [1.54, 1.807) is 6.92 Å². The van der Waals surface area contributed by atoms with E-state index in [9.17, 15) is 4.79 Å². The lowest BCUT2D eigenvalue weighted by atomic mass is 10.0. The molecule has 94 valence electrons. The summed E-state index contributed by atoms with van der Waals surface area (Å²) < 4.78 is 5.24. The van der Waals surface area contributed by atoms with Crippen molar-refractivity contribution in [3.63, 3.8) is 0 Å². The van der Waals surface area contributed by atoms with Crippen LogP contribution in [0.25, 0.3) is 0 Å². The third kappa shape index (κ3) is 7.37. The number of carbonyl (C=O) groups excluding carboxylic acids is 1. The summed E-state index contributed by atoms with van der Waals surface area (Å²) in [4.78, 5) is 11.0. The smallest absolute Gasteiger partial charge is 0.304 e. The highest BCUT2D eigenvalue weighted by atomic mass is 16.6. The molecule has 0 fully saturated rings. The lowest BCUT2D eigenvalue weighted by molar-refractivity contribution is -0.156. The molecule has 0 aromatic rings. The van der Waals surface area contributed by atoms with Gasteiger partial charge in [-0.2, -0.15) is 5.11 Å². The molecule has 0 saturated heterocycles. The summed E-state index contributed by atoms with van der Waals surface area (Å²) in [6.07, 6.45) is 0.673. The maximum absolute atomic E-state index is 11.0. The lowest BCUT2D eigenvalue weighted by Gasteiger charge is -2.26. The van der Waals surface area contributed by atoms with Gasteiger partial charge in [0, 0.05) is 13.3 Å². The Balaban J connectivity index is 4.79. The van der Waals surface area contributed by atoms with Crippen LogP contribution in [0.4, 0.5) is 0 Å². The Morgan fingerprint density at radius 3 is 2.00 bits per heavy atom. The Bertz CT molecular complexity index is 267. The first-order valence-electron chi connectivity index (χ1n) is 5.68. The highest BCUT2D eigenvalue weighted by Gasteiger charge is 2.29. The van der Waals surface area contributed by atoms with E-state index in [2.05, 4.69) is 24.1 Å². The van der Waals surface area contributed by atoms with E-state index in [4.69, 9.17) is 4.74 Å². The van der Waals surface area contributed by atoms with Gasteiger partial charge in [-0.25, -0.2) is 0 Å². The van der Waals surface area contributed by atoms with Gasteiger partial charge in [-0.15, -0.1) is 5.11 Å². The van der Waals surface area contributed by atoms with Crippen molar-refractivity contribution in [1.29, 1.82) is 0 Å². The molecule has 0 saturated carbocycles. The van der Waals surface area contributed by atoms with E-state index in [1.807, 2.05) is 20.8 Å². The van der Waals surface area contributed by atoms with Crippen molar-refractivity contribution in [3.05, 3.63) is 0 Å². The van der Waals surface area contributed by atoms with Crippen LogP contribution >= 0.6 is 0 Å². The molecule has 0 rings (SSSR count). The zero-order chi connectivity index (χ0) is 13.0. The zero-order valence-electron chi connectivity index (χ0n) is 11.5. The molecule has 0 bridgehead atoms. The molecule has 0 aromatic heterocycles. The second-order valence-corrected chi connectivity index (χ2v) is 5.74. The van der Waals surface area contributed by atoms with Crippen molar-refractivity contribution >= 4 is 5.97 Å². The number of rotatable bonds is 4. The van der Waals surface area contributed by atoms with Crippen LogP contribution in [-0.4, -0.2) is 17.2 Å². The molecule has 0 heterocycles. The largest absolute Gasteiger partial charge is 0.436 e. The molecule has 4 nitrogen and oxygen atoms in total. The van der Waals surface area contributed by atoms with Crippen molar-refractivity contribution in [1.82, 2.24) is 0 Å². The van der Waals surface area contributed by atoms with Crippen molar-refractivity contribution in [2.24, 2.45) is 16.1 Å². The maximum atomic E-state index is 11.0. The monoisotopic (exact) mass is 228 g/mol. The fraction of sp³-hybridized carbons (Fsp3) is 0.917. The Hall–Kier alpha value is -0.930. The van der Waals surface area contributed by atoms with E-state index < -0.39 is 5.72 Å². The second-order valence-electron chi connectivity index (χ2n) is 5.74. The van der Waals surface area contributed by atoms with Gasteiger partial charge >= 0.3 is 5.97 Å². The maximum Gasteiger partial charge on any atom is 0.304 e. The number of esters is 1. The quantitative estimate of drug-likeness (QED) is 0.545. The number of ether oxygens (including phenoxy) is 1. The van der Waals surface area contributed by atoms with Gasteiger partial charge in [0.05, 0.1) is 5.54 Å². The first kappa shape index (κ1) is 15.1. The summed E-state index contributed by atoms with van der Waals surface area (Å²) in [5.41, 5.74) is -1.09. The van der Waals surface area contributed by atoms with Gasteiger partial charge in [0.25, 0.3) is 0 Å². The molecule has 0 N–H and O–H groups in total. The third-order valence-electron chi connectivity index (χ3n) is 1.71. The van der Waals surface area contributed by atoms with E-state index in [1.165, 1.54) is 6.92 Å². The fourth-order valence-corrected chi connectivity index (χ4v) is 1.43. The minimum atomic E-state index is -0.840. The normalized spacial score (nSPS) is 16.5. The molecule has 1 atom stereocenters. The molecule has 0 aliphatic rings. The van der Waals surface area contributed by atoms with Gasteiger partial charge in [0.1, 0.15) is 0 Å².